The van der Waals surface area contributed by atoms with Crippen LogP contribution in [0.15, 0.2) is 60.9 Å². The first-order chi connectivity index (χ1) is 12.3. The van der Waals surface area contributed by atoms with Crippen LogP contribution in [0.1, 0.15) is 4.88 Å². The highest BCUT2D eigenvalue weighted by atomic mass is 35.5. The number of rotatable bonds is 4. The molecule has 0 amide bonds. The van der Waals surface area contributed by atoms with Gasteiger partial charge in [0.1, 0.15) is 22.7 Å². The van der Waals surface area contributed by atoms with Crippen LogP contribution in [0.3, 0.4) is 0 Å². The fourth-order valence-corrected chi connectivity index (χ4v) is 3.94. The van der Waals surface area contributed by atoms with Gasteiger partial charge >= 0.3 is 0 Å². The Labute approximate surface area is 162 Å². The third kappa shape index (κ3) is 3.36. The van der Waals surface area contributed by atoms with Crippen LogP contribution in [0.2, 0.25) is 0 Å². The van der Waals surface area contributed by atoms with E-state index < -0.39 is 0 Å². The second-order valence-electron chi connectivity index (χ2n) is 5.66. The summed E-state index contributed by atoms with van der Waals surface area (Å²) in [5.41, 5.74) is 3.29. The van der Waals surface area contributed by atoms with Crippen molar-refractivity contribution in [3.8, 4) is 16.9 Å². The molecule has 4 rings (SSSR count). The first-order valence-electron chi connectivity index (χ1n) is 7.97. The van der Waals surface area contributed by atoms with Gasteiger partial charge in [-0.3, -0.25) is 0 Å². The molecule has 4 nitrogen and oxygen atoms in total. The van der Waals surface area contributed by atoms with Gasteiger partial charge in [0, 0.05) is 22.2 Å². The average Bonchev–Trinajstić information content (AvgIpc) is 2.99. The maximum absolute atomic E-state index is 5.31. The van der Waals surface area contributed by atoms with Crippen molar-refractivity contribution in [3.05, 3.63) is 65.8 Å². The number of hydrogen-bond acceptors (Lipinski definition) is 5. The van der Waals surface area contributed by atoms with Gasteiger partial charge in [-0.1, -0.05) is 36.4 Å². The molecule has 0 radical (unpaired) electrons. The summed E-state index contributed by atoms with van der Waals surface area (Å²) in [6, 6.07) is 18.2. The van der Waals surface area contributed by atoms with Crippen molar-refractivity contribution in [3.63, 3.8) is 0 Å². The molecule has 0 bridgehead atoms. The molecular formula is C20H18ClN3OS. The third-order valence-electron chi connectivity index (χ3n) is 4.06. The molecule has 2 aromatic carbocycles. The van der Waals surface area contributed by atoms with E-state index in [4.69, 9.17) is 4.74 Å². The van der Waals surface area contributed by atoms with Crippen molar-refractivity contribution >= 4 is 45.5 Å². The second-order valence-corrected chi connectivity index (χ2v) is 6.86. The molecule has 6 heteroatoms. The van der Waals surface area contributed by atoms with Crippen LogP contribution in [0.5, 0.6) is 5.75 Å². The molecule has 0 saturated carbocycles. The largest absolute Gasteiger partial charge is 0.497 e. The Hall–Kier alpha value is -2.63. The van der Waals surface area contributed by atoms with Gasteiger partial charge in [0.15, 0.2) is 0 Å². The zero-order valence-corrected chi connectivity index (χ0v) is 16.0. The number of methoxy groups -OCH3 is 1. The summed E-state index contributed by atoms with van der Waals surface area (Å²) in [7, 11) is 1.66. The maximum atomic E-state index is 5.31. The van der Waals surface area contributed by atoms with Gasteiger partial charge in [-0.15, -0.1) is 23.7 Å². The van der Waals surface area contributed by atoms with Gasteiger partial charge < -0.3 is 10.1 Å². The molecule has 0 fully saturated rings. The fourth-order valence-electron chi connectivity index (χ4n) is 2.93. The van der Waals surface area contributed by atoms with E-state index in [-0.39, 0.29) is 12.4 Å². The zero-order valence-electron chi connectivity index (χ0n) is 14.4. The molecule has 132 valence electrons. The molecule has 0 atom stereocenters. The number of benzene rings is 2. The number of aryl methyl sites for hydroxylation is 1. The van der Waals surface area contributed by atoms with Crippen LogP contribution in [0, 0.1) is 6.92 Å². The number of thiophene rings is 1. The molecule has 0 aliphatic carbocycles. The van der Waals surface area contributed by atoms with E-state index in [2.05, 4.69) is 46.5 Å². The van der Waals surface area contributed by atoms with Crippen LogP contribution in [0.4, 0.5) is 11.5 Å². The van der Waals surface area contributed by atoms with E-state index in [0.717, 1.165) is 27.5 Å². The maximum Gasteiger partial charge on any atom is 0.143 e. The Balaban J connectivity index is 0.00000196. The number of anilines is 2. The highest BCUT2D eigenvalue weighted by Gasteiger charge is 2.16. The van der Waals surface area contributed by atoms with E-state index in [1.165, 1.54) is 16.0 Å². The van der Waals surface area contributed by atoms with Crippen molar-refractivity contribution in [2.45, 2.75) is 6.92 Å². The minimum atomic E-state index is 0. The fraction of sp³-hybridized carbons (Fsp3) is 0.100. The number of halogens is 1. The van der Waals surface area contributed by atoms with Gasteiger partial charge in [-0.2, -0.15) is 0 Å². The molecule has 0 saturated heterocycles. The predicted octanol–water partition coefficient (Wildman–Crippen LogP) is 5.84. The zero-order chi connectivity index (χ0) is 17.2. The van der Waals surface area contributed by atoms with Crippen molar-refractivity contribution in [2.24, 2.45) is 0 Å². The average molecular weight is 384 g/mol. The summed E-state index contributed by atoms with van der Waals surface area (Å²) in [5.74, 6) is 1.61. The lowest BCUT2D eigenvalue weighted by Gasteiger charge is -2.10. The molecule has 0 unspecified atom stereocenters. The lowest BCUT2D eigenvalue weighted by molar-refractivity contribution is 0.415. The number of fused-ring (bicyclic) bond motifs is 1. The first kappa shape index (κ1) is 18.2. The van der Waals surface area contributed by atoms with Crippen LogP contribution in [-0.4, -0.2) is 17.1 Å². The quantitative estimate of drug-likeness (QED) is 0.480. The number of ether oxygens (including phenoxy) is 1. The molecule has 1 N–H and O–H groups in total. The van der Waals surface area contributed by atoms with Crippen LogP contribution in [-0.2, 0) is 0 Å². The predicted molar refractivity (Wildman–Crippen MR) is 111 cm³/mol. The number of nitrogens with one attached hydrogen (secondary N) is 1. The van der Waals surface area contributed by atoms with Gasteiger partial charge in [0.05, 0.1) is 12.5 Å². The smallest absolute Gasteiger partial charge is 0.143 e. The molecule has 0 spiro atoms. The summed E-state index contributed by atoms with van der Waals surface area (Å²) in [6.07, 6.45) is 1.61. The Kier molecular flexibility index (Phi) is 5.40. The van der Waals surface area contributed by atoms with Crippen LogP contribution < -0.4 is 10.1 Å². The summed E-state index contributed by atoms with van der Waals surface area (Å²) in [6.45, 7) is 2.13. The Morgan fingerprint density at radius 2 is 1.81 bits per heavy atom. The highest BCUT2D eigenvalue weighted by Crippen LogP contribution is 2.40. The molecule has 4 aromatic rings. The molecule has 26 heavy (non-hydrogen) atoms. The summed E-state index contributed by atoms with van der Waals surface area (Å²) in [5, 5.41) is 4.48. The van der Waals surface area contributed by atoms with E-state index >= 15 is 0 Å². The van der Waals surface area contributed by atoms with Gasteiger partial charge in [0.25, 0.3) is 0 Å². The van der Waals surface area contributed by atoms with Crippen molar-refractivity contribution < 1.29 is 4.74 Å². The first-order valence-corrected chi connectivity index (χ1v) is 8.78. The van der Waals surface area contributed by atoms with Crippen LogP contribution in [0.25, 0.3) is 21.3 Å². The van der Waals surface area contributed by atoms with E-state index in [0.29, 0.717) is 0 Å². The number of aromatic nitrogens is 2. The van der Waals surface area contributed by atoms with E-state index in [9.17, 15) is 0 Å². The van der Waals surface area contributed by atoms with Crippen molar-refractivity contribution in [1.29, 1.82) is 0 Å². The summed E-state index contributed by atoms with van der Waals surface area (Å²) in [4.78, 5) is 11.2. The normalized spacial score (nSPS) is 10.4. The lowest BCUT2D eigenvalue weighted by Crippen LogP contribution is -1.96. The molecule has 0 aliphatic rings. The number of nitrogens with zero attached hydrogens (tertiary/aromatic N) is 2. The lowest BCUT2D eigenvalue weighted by atomic mass is 10.0. The second kappa shape index (κ2) is 7.72. The van der Waals surface area contributed by atoms with Crippen molar-refractivity contribution in [2.75, 3.05) is 12.4 Å². The Bertz CT molecular complexity index is 1030. The molecule has 2 aromatic heterocycles. The standard InChI is InChI=1S/C20H17N3OS.ClH/c1-13-17(14-7-4-3-5-8-14)18-19(21-12-22-20(18)25-13)23-15-9-6-10-16(11-15)24-2;/h3-12H,1-2H3,(H,21,22,23);1H. The van der Waals surface area contributed by atoms with E-state index in [1.807, 2.05) is 30.3 Å². The van der Waals surface area contributed by atoms with E-state index in [1.54, 1.807) is 24.8 Å². The van der Waals surface area contributed by atoms with Gasteiger partial charge in [-0.25, -0.2) is 9.97 Å². The number of hydrogen-bond donors (Lipinski definition) is 1. The molecular weight excluding hydrogens is 366 g/mol. The Morgan fingerprint density at radius 1 is 1.00 bits per heavy atom. The van der Waals surface area contributed by atoms with Crippen LogP contribution >= 0.6 is 23.7 Å². The van der Waals surface area contributed by atoms with Gasteiger partial charge in [0.2, 0.25) is 0 Å². The molecule has 0 aliphatic heterocycles. The summed E-state index contributed by atoms with van der Waals surface area (Å²) >= 11 is 1.69. The Morgan fingerprint density at radius 3 is 2.58 bits per heavy atom. The monoisotopic (exact) mass is 383 g/mol. The topological polar surface area (TPSA) is 47.0 Å². The minimum absolute atomic E-state index is 0. The summed E-state index contributed by atoms with van der Waals surface area (Å²) < 4.78 is 5.31. The minimum Gasteiger partial charge on any atom is -0.497 e. The SMILES string of the molecule is COc1cccc(Nc2ncnc3sc(C)c(-c4ccccc4)c23)c1.Cl. The van der Waals surface area contributed by atoms with Crippen molar-refractivity contribution in [1.82, 2.24) is 9.97 Å². The third-order valence-corrected chi connectivity index (χ3v) is 5.07. The van der Waals surface area contributed by atoms with Gasteiger partial charge in [-0.05, 0) is 24.6 Å². The highest BCUT2D eigenvalue weighted by molar-refractivity contribution is 7.19. The molecule has 2 heterocycles.